The lowest BCUT2D eigenvalue weighted by molar-refractivity contribution is 0.0782. The first kappa shape index (κ1) is 12.8. The second-order valence-electron chi connectivity index (χ2n) is 4.74. The fraction of sp³-hybridized carbons (Fsp3) is 0.538. The number of nitrogen functional groups attached to an aromatic ring is 1. The lowest BCUT2D eigenvalue weighted by Crippen LogP contribution is -2.35. The third-order valence-corrected chi connectivity index (χ3v) is 3.33. The molecule has 18 heavy (non-hydrogen) atoms. The number of nitrogens with zero attached hydrogens (tertiary/aromatic N) is 3. The average Bonchev–Trinajstić information content (AvgIpc) is 2.88. The average molecular weight is 248 g/mol. The van der Waals surface area contributed by atoms with Crippen molar-refractivity contribution < 1.29 is 4.79 Å². The molecule has 1 saturated heterocycles. The van der Waals surface area contributed by atoms with Gasteiger partial charge in [-0.05, 0) is 38.1 Å². The molecule has 1 aliphatic heterocycles. The van der Waals surface area contributed by atoms with Crippen molar-refractivity contribution in [1.82, 2.24) is 14.8 Å². The fourth-order valence-corrected chi connectivity index (χ4v) is 2.20. The van der Waals surface area contributed by atoms with E-state index in [1.807, 2.05) is 7.05 Å². The number of amides is 1. The standard InChI is InChI=1S/C13H20N4O/c1-16(8-9-17-6-2-3-7-17)13(18)11-4-5-15-12(14)10-11/h4-5,10H,2-3,6-9H2,1H3,(H2,14,15). The third-order valence-electron chi connectivity index (χ3n) is 3.33. The molecule has 1 aromatic rings. The molecule has 98 valence electrons. The number of pyridine rings is 1. The number of hydrogen-bond donors (Lipinski definition) is 1. The van der Waals surface area contributed by atoms with Crippen LogP contribution in [0, 0.1) is 0 Å². The molecular formula is C13H20N4O. The lowest BCUT2D eigenvalue weighted by atomic mass is 10.2. The van der Waals surface area contributed by atoms with Crippen LogP contribution in [0.15, 0.2) is 18.3 Å². The van der Waals surface area contributed by atoms with Crippen LogP contribution < -0.4 is 5.73 Å². The molecule has 1 aromatic heterocycles. The Bertz CT molecular complexity index is 415. The first-order valence-electron chi connectivity index (χ1n) is 6.36. The number of rotatable bonds is 4. The number of carbonyl (C=O) groups excluding carboxylic acids is 1. The van der Waals surface area contributed by atoms with Crippen molar-refractivity contribution in [3.8, 4) is 0 Å². The van der Waals surface area contributed by atoms with Crippen LogP contribution in [0.3, 0.4) is 0 Å². The van der Waals surface area contributed by atoms with E-state index in [9.17, 15) is 4.79 Å². The largest absolute Gasteiger partial charge is 0.384 e. The highest BCUT2D eigenvalue weighted by atomic mass is 16.2. The van der Waals surface area contributed by atoms with Crippen LogP contribution in [0.5, 0.6) is 0 Å². The molecule has 0 radical (unpaired) electrons. The van der Waals surface area contributed by atoms with Crippen LogP contribution >= 0.6 is 0 Å². The molecule has 0 aliphatic carbocycles. The van der Waals surface area contributed by atoms with Gasteiger partial charge in [0.15, 0.2) is 0 Å². The summed E-state index contributed by atoms with van der Waals surface area (Å²) >= 11 is 0. The van der Waals surface area contributed by atoms with E-state index in [0.29, 0.717) is 11.4 Å². The van der Waals surface area contributed by atoms with Gasteiger partial charge in [0.05, 0.1) is 0 Å². The Hall–Kier alpha value is -1.62. The summed E-state index contributed by atoms with van der Waals surface area (Å²) in [6.07, 6.45) is 4.12. The van der Waals surface area contributed by atoms with Gasteiger partial charge in [-0.2, -0.15) is 0 Å². The predicted molar refractivity (Wildman–Crippen MR) is 71.3 cm³/mol. The van der Waals surface area contributed by atoms with E-state index in [1.165, 1.54) is 12.8 Å². The number of likely N-dealkylation sites (N-methyl/N-ethyl adjacent to an activating group) is 1. The van der Waals surface area contributed by atoms with Gasteiger partial charge in [0.2, 0.25) is 0 Å². The minimum absolute atomic E-state index is 0.00305. The van der Waals surface area contributed by atoms with E-state index in [4.69, 9.17) is 5.73 Å². The summed E-state index contributed by atoms with van der Waals surface area (Å²) in [4.78, 5) is 20.2. The highest BCUT2D eigenvalue weighted by Crippen LogP contribution is 2.09. The van der Waals surface area contributed by atoms with E-state index in [0.717, 1.165) is 26.2 Å². The van der Waals surface area contributed by atoms with Crippen LogP contribution in [-0.2, 0) is 0 Å². The molecule has 0 unspecified atom stereocenters. The van der Waals surface area contributed by atoms with E-state index >= 15 is 0 Å². The third kappa shape index (κ3) is 3.20. The summed E-state index contributed by atoms with van der Waals surface area (Å²) in [5, 5.41) is 0. The van der Waals surface area contributed by atoms with Crippen LogP contribution in [0.4, 0.5) is 5.82 Å². The summed E-state index contributed by atoms with van der Waals surface area (Å²) in [5.74, 6) is 0.386. The molecule has 5 heteroatoms. The van der Waals surface area contributed by atoms with Crippen molar-refractivity contribution in [1.29, 1.82) is 0 Å². The molecule has 0 saturated carbocycles. The molecule has 2 N–H and O–H groups in total. The molecule has 5 nitrogen and oxygen atoms in total. The van der Waals surface area contributed by atoms with Gasteiger partial charge in [0.25, 0.3) is 5.91 Å². The van der Waals surface area contributed by atoms with Crippen LogP contribution in [-0.4, -0.2) is 53.9 Å². The zero-order valence-corrected chi connectivity index (χ0v) is 10.8. The number of anilines is 1. The first-order valence-corrected chi connectivity index (χ1v) is 6.36. The monoisotopic (exact) mass is 248 g/mol. The van der Waals surface area contributed by atoms with Crippen LogP contribution in [0.25, 0.3) is 0 Å². The summed E-state index contributed by atoms with van der Waals surface area (Å²) in [5.41, 5.74) is 6.18. The zero-order chi connectivity index (χ0) is 13.0. The molecule has 0 aromatic carbocycles. The fourth-order valence-electron chi connectivity index (χ4n) is 2.20. The Morgan fingerprint density at radius 3 is 2.89 bits per heavy atom. The number of aromatic nitrogens is 1. The highest BCUT2D eigenvalue weighted by Gasteiger charge is 2.15. The van der Waals surface area contributed by atoms with E-state index in [1.54, 1.807) is 23.2 Å². The van der Waals surface area contributed by atoms with Gasteiger partial charge in [-0.15, -0.1) is 0 Å². The first-order chi connectivity index (χ1) is 8.66. The normalized spacial score (nSPS) is 15.8. The van der Waals surface area contributed by atoms with Gasteiger partial charge in [0, 0.05) is 31.9 Å². The molecule has 2 rings (SSSR count). The topological polar surface area (TPSA) is 62.5 Å². The van der Waals surface area contributed by atoms with Gasteiger partial charge < -0.3 is 15.5 Å². The smallest absolute Gasteiger partial charge is 0.253 e. The Kier molecular flexibility index (Phi) is 4.15. The summed E-state index contributed by atoms with van der Waals surface area (Å²) in [7, 11) is 1.83. The Labute approximate surface area is 108 Å². The van der Waals surface area contributed by atoms with E-state index in [2.05, 4.69) is 9.88 Å². The molecule has 0 spiro atoms. The Morgan fingerprint density at radius 2 is 2.22 bits per heavy atom. The number of likely N-dealkylation sites (tertiary alicyclic amines) is 1. The van der Waals surface area contributed by atoms with Crippen molar-refractivity contribution in [3.63, 3.8) is 0 Å². The van der Waals surface area contributed by atoms with Gasteiger partial charge in [0.1, 0.15) is 5.82 Å². The van der Waals surface area contributed by atoms with Crippen molar-refractivity contribution >= 4 is 11.7 Å². The van der Waals surface area contributed by atoms with E-state index < -0.39 is 0 Å². The second-order valence-corrected chi connectivity index (χ2v) is 4.74. The SMILES string of the molecule is CN(CCN1CCCC1)C(=O)c1ccnc(N)c1. The van der Waals surface area contributed by atoms with Crippen molar-refractivity contribution in [2.45, 2.75) is 12.8 Å². The van der Waals surface area contributed by atoms with Crippen molar-refractivity contribution in [2.24, 2.45) is 0 Å². The summed E-state index contributed by atoms with van der Waals surface area (Å²) in [6, 6.07) is 3.32. The second kappa shape index (κ2) is 5.82. The molecule has 1 fully saturated rings. The highest BCUT2D eigenvalue weighted by molar-refractivity contribution is 5.94. The van der Waals surface area contributed by atoms with Crippen LogP contribution in [0.1, 0.15) is 23.2 Å². The van der Waals surface area contributed by atoms with Gasteiger partial charge in [-0.1, -0.05) is 0 Å². The van der Waals surface area contributed by atoms with Gasteiger partial charge in [-0.3, -0.25) is 4.79 Å². The maximum atomic E-state index is 12.1. The number of nitrogens with two attached hydrogens (primary N) is 1. The quantitative estimate of drug-likeness (QED) is 0.857. The zero-order valence-electron chi connectivity index (χ0n) is 10.8. The van der Waals surface area contributed by atoms with Gasteiger partial charge >= 0.3 is 0 Å². The summed E-state index contributed by atoms with van der Waals surface area (Å²) in [6.45, 7) is 4.01. The molecule has 0 bridgehead atoms. The van der Waals surface area contributed by atoms with Crippen molar-refractivity contribution in [3.05, 3.63) is 23.9 Å². The predicted octanol–water partition coefficient (Wildman–Crippen LogP) is 0.832. The Morgan fingerprint density at radius 1 is 1.50 bits per heavy atom. The number of carbonyl (C=O) groups is 1. The van der Waals surface area contributed by atoms with E-state index in [-0.39, 0.29) is 5.91 Å². The summed E-state index contributed by atoms with van der Waals surface area (Å²) < 4.78 is 0. The number of hydrogen-bond acceptors (Lipinski definition) is 4. The van der Waals surface area contributed by atoms with Gasteiger partial charge in [-0.25, -0.2) is 4.98 Å². The Balaban J connectivity index is 1.87. The maximum Gasteiger partial charge on any atom is 0.253 e. The minimum Gasteiger partial charge on any atom is -0.384 e. The molecular weight excluding hydrogens is 228 g/mol. The lowest BCUT2D eigenvalue weighted by Gasteiger charge is -2.21. The minimum atomic E-state index is 0.00305. The molecule has 2 heterocycles. The molecule has 1 aliphatic rings. The van der Waals surface area contributed by atoms with Crippen molar-refractivity contribution in [2.75, 3.05) is 39.0 Å². The maximum absolute atomic E-state index is 12.1. The molecule has 1 amide bonds. The van der Waals surface area contributed by atoms with Crippen LogP contribution in [0.2, 0.25) is 0 Å². The molecule has 0 atom stereocenters.